The largest absolute Gasteiger partial charge is 0.497 e. The molecule has 0 bridgehead atoms. The Morgan fingerprint density at radius 1 is 0.897 bits per heavy atom. The molecular formula is C22H21N3O4. The summed E-state index contributed by atoms with van der Waals surface area (Å²) in [6, 6.07) is 15.3. The summed E-state index contributed by atoms with van der Waals surface area (Å²) in [6.07, 6.45) is 3.33. The predicted octanol–water partition coefficient (Wildman–Crippen LogP) is 3.28. The van der Waals surface area contributed by atoms with Crippen LogP contribution in [-0.4, -0.2) is 31.0 Å². The molecule has 7 heteroatoms. The molecule has 3 rings (SSSR count). The van der Waals surface area contributed by atoms with E-state index in [1.54, 1.807) is 62.0 Å². The second-order valence-corrected chi connectivity index (χ2v) is 6.14. The van der Waals surface area contributed by atoms with Gasteiger partial charge in [-0.1, -0.05) is 6.07 Å². The third-order valence-electron chi connectivity index (χ3n) is 4.24. The molecule has 0 aliphatic carbocycles. The zero-order valence-electron chi connectivity index (χ0n) is 16.1. The molecule has 0 aliphatic heterocycles. The van der Waals surface area contributed by atoms with Crippen molar-refractivity contribution >= 4 is 17.5 Å². The third kappa shape index (κ3) is 5.10. The van der Waals surface area contributed by atoms with E-state index in [1.165, 1.54) is 7.11 Å². The van der Waals surface area contributed by atoms with E-state index in [2.05, 4.69) is 15.6 Å². The van der Waals surface area contributed by atoms with Crippen LogP contribution in [0.15, 0.2) is 67.0 Å². The molecular weight excluding hydrogens is 370 g/mol. The van der Waals surface area contributed by atoms with Crippen LogP contribution in [0.3, 0.4) is 0 Å². The fraction of sp³-hybridized carbons (Fsp3) is 0.136. The standard InChI is InChI=1S/C22H21N3O4/c1-28-18-6-7-20(29-2)19(13-18)25-22(27)17-5-3-4-16(12-17)21(26)24-14-15-8-10-23-11-9-15/h3-13H,14H2,1-2H3,(H,24,26)(H,25,27). The summed E-state index contributed by atoms with van der Waals surface area (Å²) in [5, 5.41) is 5.62. The van der Waals surface area contributed by atoms with Gasteiger partial charge in [0, 0.05) is 36.1 Å². The van der Waals surface area contributed by atoms with E-state index in [-0.39, 0.29) is 11.8 Å². The van der Waals surface area contributed by atoms with Crippen LogP contribution < -0.4 is 20.1 Å². The van der Waals surface area contributed by atoms with E-state index in [1.807, 2.05) is 12.1 Å². The van der Waals surface area contributed by atoms with Gasteiger partial charge in [0.15, 0.2) is 0 Å². The molecule has 0 atom stereocenters. The first-order valence-corrected chi connectivity index (χ1v) is 8.91. The zero-order valence-corrected chi connectivity index (χ0v) is 16.1. The summed E-state index contributed by atoms with van der Waals surface area (Å²) >= 11 is 0. The first-order chi connectivity index (χ1) is 14.1. The van der Waals surface area contributed by atoms with E-state index < -0.39 is 0 Å². The number of rotatable bonds is 7. The molecule has 0 aliphatic rings. The molecule has 2 amide bonds. The van der Waals surface area contributed by atoms with Crippen molar-refractivity contribution < 1.29 is 19.1 Å². The highest BCUT2D eigenvalue weighted by Gasteiger charge is 2.13. The van der Waals surface area contributed by atoms with Crippen molar-refractivity contribution in [3.8, 4) is 11.5 Å². The van der Waals surface area contributed by atoms with E-state index in [0.29, 0.717) is 34.9 Å². The Morgan fingerprint density at radius 2 is 1.62 bits per heavy atom. The quantitative estimate of drug-likeness (QED) is 0.645. The maximum absolute atomic E-state index is 12.7. The van der Waals surface area contributed by atoms with Gasteiger partial charge in [-0.05, 0) is 48.0 Å². The highest BCUT2D eigenvalue weighted by atomic mass is 16.5. The smallest absolute Gasteiger partial charge is 0.255 e. The van der Waals surface area contributed by atoms with Crippen molar-refractivity contribution in [1.82, 2.24) is 10.3 Å². The van der Waals surface area contributed by atoms with Crippen molar-refractivity contribution in [2.45, 2.75) is 6.54 Å². The first kappa shape index (κ1) is 19.9. The van der Waals surface area contributed by atoms with Gasteiger partial charge in [0.05, 0.1) is 19.9 Å². The van der Waals surface area contributed by atoms with Crippen LogP contribution in [0.25, 0.3) is 0 Å². The van der Waals surface area contributed by atoms with E-state index >= 15 is 0 Å². The lowest BCUT2D eigenvalue weighted by atomic mass is 10.1. The van der Waals surface area contributed by atoms with Gasteiger partial charge in [-0.15, -0.1) is 0 Å². The predicted molar refractivity (Wildman–Crippen MR) is 109 cm³/mol. The van der Waals surface area contributed by atoms with Crippen molar-refractivity contribution in [1.29, 1.82) is 0 Å². The van der Waals surface area contributed by atoms with E-state index in [9.17, 15) is 9.59 Å². The van der Waals surface area contributed by atoms with Crippen LogP contribution in [0.1, 0.15) is 26.3 Å². The van der Waals surface area contributed by atoms with Crippen LogP contribution >= 0.6 is 0 Å². The summed E-state index contributed by atoms with van der Waals surface area (Å²) in [6.45, 7) is 0.374. The molecule has 0 unspecified atom stereocenters. The van der Waals surface area contributed by atoms with Gasteiger partial charge >= 0.3 is 0 Å². The minimum absolute atomic E-state index is 0.268. The average molecular weight is 391 g/mol. The molecule has 0 saturated carbocycles. The van der Waals surface area contributed by atoms with Gasteiger partial charge < -0.3 is 20.1 Å². The van der Waals surface area contributed by atoms with Crippen LogP contribution in [0.4, 0.5) is 5.69 Å². The zero-order chi connectivity index (χ0) is 20.6. The van der Waals surface area contributed by atoms with Crippen LogP contribution in [0.5, 0.6) is 11.5 Å². The number of hydrogen-bond acceptors (Lipinski definition) is 5. The number of aromatic nitrogens is 1. The number of benzene rings is 2. The second-order valence-electron chi connectivity index (χ2n) is 6.14. The number of carbonyl (C=O) groups is 2. The number of nitrogens with zero attached hydrogens (tertiary/aromatic N) is 1. The maximum atomic E-state index is 12.7. The van der Waals surface area contributed by atoms with Crippen molar-refractivity contribution in [2.75, 3.05) is 19.5 Å². The summed E-state index contributed by atoms with van der Waals surface area (Å²) < 4.78 is 10.5. The van der Waals surface area contributed by atoms with E-state index in [0.717, 1.165) is 5.56 Å². The minimum atomic E-state index is -0.361. The minimum Gasteiger partial charge on any atom is -0.497 e. The van der Waals surface area contributed by atoms with Gasteiger partial charge in [0.2, 0.25) is 0 Å². The number of methoxy groups -OCH3 is 2. The number of hydrogen-bond donors (Lipinski definition) is 2. The van der Waals surface area contributed by atoms with Crippen LogP contribution in [0, 0.1) is 0 Å². The lowest BCUT2D eigenvalue weighted by Crippen LogP contribution is -2.23. The Balaban J connectivity index is 1.72. The summed E-state index contributed by atoms with van der Waals surface area (Å²) in [4.78, 5) is 29.1. The third-order valence-corrected chi connectivity index (χ3v) is 4.24. The first-order valence-electron chi connectivity index (χ1n) is 8.91. The Morgan fingerprint density at radius 3 is 2.31 bits per heavy atom. The van der Waals surface area contributed by atoms with Crippen molar-refractivity contribution in [2.24, 2.45) is 0 Å². The van der Waals surface area contributed by atoms with Gasteiger partial charge in [-0.2, -0.15) is 0 Å². The van der Waals surface area contributed by atoms with Gasteiger partial charge in [0.25, 0.3) is 11.8 Å². The molecule has 0 fully saturated rings. The molecule has 2 N–H and O–H groups in total. The SMILES string of the molecule is COc1ccc(OC)c(NC(=O)c2cccc(C(=O)NCc3ccncc3)c2)c1. The summed E-state index contributed by atoms with van der Waals surface area (Å²) in [5.41, 5.74) is 2.16. The maximum Gasteiger partial charge on any atom is 0.255 e. The molecule has 1 aromatic heterocycles. The van der Waals surface area contributed by atoms with Crippen LogP contribution in [0.2, 0.25) is 0 Å². The monoisotopic (exact) mass is 391 g/mol. The molecule has 29 heavy (non-hydrogen) atoms. The number of pyridine rings is 1. The van der Waals surface area contributed by atoms with Gasteiger partial charge in [-0.25, -0.2) is 0 Å². The van der Waals surface area contributed by atoms with Crippen molar-refractivity contribution in [3.63, 3.8) is 0 Å². The fourth-order valence-electron chi connectivity index (χ4n) is 2.69. The average Bonchev–Trinajstić information content (AvgIpc) is 2.78. The Bertz CT molecular complexity index is 1010. The number of carbonyl (C=O) groups excluding carboxylic acids is 2. The molecule has 0 spiro atoms. The molecule has 0 radical (unpaired) electrons. The fourth-order valence-corrected chi connectivity index (χ4v) is 2.69. The number of amides is 2. The molecule has 0 saturated heterocycles. The van der Waals surface area contributed by atoms with Crippen molar-refractivity contribution in [3.05, 3.63) is 83.7 Å². The van der Waals surface area contributed by atoms with E-state index in [4.69, 9.17) is 9.47 Å². The van der Waals surface area contributed by atoms with Crippen LogP contribution in [-0.2, 0) is 6.54 Å². The number of nitrogens with one attached hydrogen (secondary N) is 2. The molecule has 2 aromatic carbocycles. The molecule has 3 aromatic rings. The highest BCUT2D eigenvalue weighted by Crippen LogP contribution is 2.29. The van der Waals surface area contributed by atoms with Gasteiger partial charge in [0.1, 0.15) is 11.5 Å². The number of anilines is 1. The normalized spacial score (nSPS) is 10.1. The highest BCUT2D eigenvalue weighted by molar-refractivity contribution is 6.06. The summed E-state index contributed by atoms with van der Waals surface area (Å²) in [7, 11) is 3.06. The topological polar surface area (TPSA) is 89.5 Å². The Labute approximate surface area is 168 Å². The Hall–Kier alpha value is -3.87. The Kier molecular flexibility index (Phi) is 6.42. The lowest BCUT2D eigenvalue weighted by Gasteiger charge is -2.12. The molecule has 148 valence electrons. The van der Waals surface area contributed by atoms with Gasteiger partial charge in [-0.3, -0.25) is 14.6 Å². The molecule has 1 heterocycles. The number of ether oxygens (including phenoxy) is 2. The lowest BCUT2D eigenvalue weighted by molar-refractivity contribution is 0.0951. The summed E-state index contributed by atoms with van der Waals surface area (Å²) in [5.74, 6) is 0.464. The second kappa shape index (κ2) is 9.36. The molecule has 7 nitrogen and oxygen atoms in total.